The van der Waals surface area contributed by atoms with Crippen molar-refractivity contribution in [3.05, 3.63) is 29.8 Å². The highest BCUT2D eigenvalue weighted by Gasteiger charge is 2.21. The molecule has 0 bridgehead atoms. The highest BCUT2D eigenvalue weighted by Crippen LogP contribution is 2.17. The van der Waals surface area contributed by atoms with E-state index in [9.17, 15) is 9.59 Å². The van der Waals surface area contributed by atoms with Crippen molar-refractivity contribution in [2.45, 2.75) is 64.5 Å². The summed E-state index contributed by atoms with van der Waals surface area (Å²) in [4.78, 5) is 24.1. The molecule has 0 heterocycles. The van der Waals surface area contributed by atoms with Gasteiger partial charge < -0.3 is 24.8 Å². The van der Waals surface area contributed by atoms with Crippen LogP contribution in [0.2, 0.25) is 0 Å². The van der Waals surface area contributed by atoms with Crippen LogP contribution in [0.25, 0.3) is 0 Å². The Morgan fingerprint density at radius 3 is 2.03 bits per heavy atom. The molecule has 1 aromatic rings. The van der Waals surface area contributed by atoms with Crippen molar-refractivity contribution in [1.29, 1.82) is 0 Å². The van der Waals surface area contributed by atoms with Crippen LogP contribution in [0.15, 0.2) is 24.3 Å². The van der Waals surface area contributed by atoms with Crippen LogP contribution in [0.4, 0.5) is 9.59 Å². The van der Waals surface area contributed by atoms with Gasteiger partial charge in [-0.25, -0.2) is 9.59 Å². The maximum Gasteiger partial charge on any atom is 0.407 e. The molecule has 1 aromatic carbocycles. The SMILES string of the molecule is COc1ccc(CSCC(CNC(=O)OC(C)(C)C)NC(=O)OC(C)(C)C)cc1. The van der Waals surface area contributed by atoms with E-state index in [0.717, 1.165) is 17.1 Å². The molecule has 164 valence electrons. The Balaban J connectivity index is 2.60. The van der Waals surface area contributed by atoms with Gasteiger partial charge in [-0.15, -0.1) is 0 Å². The Morgan fingerprint density at radius 2 is 1.52 bits per heavy atom. The van der Waals surface area contributed by atoms with Crippen LogP contribution < -0.4 is 15.4 Å². The molecule has 1 atom stereocenters. The fourth-order valence-electron chi connectivity index (χ4n) is 2.19. The summed E-state index contributed by atoms with van der Waals surface area (Å²) in [7, 11) is 1.63. The van der Waals surface area contributed by atoms with Crippen LogP contribution in [-0.2, 0) is 15.2 Å². The molecular weight excluding hydrogens is 392 g/mol. The highest BCUT2D eigenvalue weighted by molar-refractivity contribution is 7.98. The smallest absolute Gasteiger partial charge is 0.407 e. The number of rotatable bonds is 8. The molecule has 29 heavy (non-hydrogen) atoms. The third-order valence-electron chi connectivity index (χ3n) is 3.36. The number of hydrogen-bond acceptors (Lipinski definition) is 6. The average Bonchev–Trinajstić information content (AvgIpc) is 2.57. The van der Waals surface area contributed by atoms with Crippen molar-refractivity contribution in [3.63, 3.8) is 0 Å². The van der Waals surface area contributed by atoms with E-state index < -0.39 is 23.4 Å². The predicted octanol–water partition coefficient (Wildman–Crippen LogP) is 4.35. The van der Waals surface area contributed by atoms with E-state index in [1.807, 2.05) is 24.3 Å². The van der Waals surface area contributed by atoms with Gasteiger partial charge in [-0.05, 0) is 59.2 Å². The first-order valence-electron chi connectivity index (χ1n) is 9.55. The Hall–Kier alpha value is -2.09. The number of nitrogens with one attached hydrogen (secondary N) is 2. The van der Waals surface area contributed by atoms with Crippen LogP contribution in [-0.4, -0.2) is 48.8 Å². The molecule has 0 spiro atoms. The van der Waals surface area contributed by atoms with Gasteiger partial charge in [0.05, 0.1) is 13.2 Å². The highest BCUT2D eigenvalue weighted by atomic mass is 32.2. The number of amides is 2. The number of hydrogen-bond donors (Lipinski definition) is 2. The summed E-state index contributed by atoms with van der Waals surface area (Å²) < 4.78 is 15.7. The molecule has 0 aliphatic rings. The minimum Gasteiger partial charge on any atom is -0.497 e. The summed E-state index contributed by atoms with van der Waals surface area (Å²) in [5.41, 5.74) is -0.0305. The first-order valence-corrected chi connectivity index (χ1v) is 10.7. The lowest BCUT2D eigenvalue weighted by molar-refractivity contribution is 0.0469. The van der Waals surface area contributed by atoms with E-state index in [1.165, 1.54) is 0 Å². The van der Waals surface area contributed by atoms with Gasteiger partial charge >= 0.3 is 12.2 Å². The van der Waals surface area contributed by atoms with Crippen LogP contribution >= 0.6 is 11.8 Å². The maximum atomic E-state index is 12.1. The number of carbonyl (C=O) groups is 2. The Bertz CT molecular complexity index is 651. The number of carbonyl (C=O) groups excluding carboxylic acids is 2. The van der Waals surface area contributed by atoms with E-state index in [4.69, 9.17) is 14.2 Å². The Morgan fingerprint density at radius 1 is 0.966 bits per heavy atom. The topological polar surface area (TPSA) is 85.9 Å². The molecule has 0 aliphatic carbocycles. The van der Waals surface area contributed by atoms with Crippen LogP contribution in [0.1, 0.15) is 47.1 Å². The third-order valence-corrected chi connectivity index (χ3v) is 4.53. The van der Waals surface area contributed by atoms with Gasteiger partial charge in [0.15, 0.2) is 0 Å². The van der Waals surface area contributed by atoms with Gasteiger partial charge in [-0.2, -0.15) is 11.8 Å². The van der Waals surface area contributed by atoms with Crippen molar-refractivity contribution >= 4 is 23.9 Å². The first-order chi connectivity index (χ1) is 13.4. The van der Waals surface area contributed by atoms with Crippen LogP contribution in [0.3, 0.4) is 0 Å². The third kappa shape index (κ3) is 12.2. The predicted molar refractivity (Wildman–Crippen MR) is 117 cm³/mol. The van der Waals surface area contributed by atoms with Gasteiger partial charge in [0.2, 0.25) is 0 Å². The van der Waals surface area contributed by atoms with Crippen molar-refractivity contribution in [3.8, 4) is 5.75 Å². The summed E-state index contributed by atoms with van der Waals surface area (Å²) in [5, 5.41) is 5.53. The first kappa shape index (κ1) is 24.9. The molecule has 0 saturated carbocycles. The molecule has 2 amide bonds. The minimum absolute atomic E-state index is 0.240. The summed E-state index contributed by atoms with van der Waals surface area (Å²) in [6, 6.07) is 7.52. The van der Waals surface area contributed by atoms with Crippen LogP contribution in [0, 0.1) is 0 Å². The van der Waals surface area contributed by atoms with E-state index >= 15 is 0 Å². The second-order valence-corrected chi connectivity index (χ2v) is 9.62. The Labute approximate surface area is 178 Å². The number of benzene rings is 1. The maximum absolute atomic E-state index is 12.1. The summed E-state index contributed by atoms with van der Waals surface area (Å²) in [6.45, 7) is 11.1. The molecule has 0 saturated heterocycles. The summed E-state index contributed by atoms with van der Waals surface area (Å²) in [5.74, 6) is 2.18. The van der Waals surface area contributed by atoms with Crippen molar-refractivity contribution in [1.82, 2.24) is 10.6 Å². The van der Waals surface area contributed by atoms with Gasteiger partial charge in [0.1, 0.15) is 17.0 Å². The lowest BCUT2D eigenvalue weighted by Gasteiger charge is -2.25. The van der Waals surface area contributed by atoms with Gasteiger partial charge in [0, 0.05) is 18.1 Å². The zero-order valence-electron chi connectivity index (χ0n) is 18.5. The van der Waals surface area contributed by atoms with Gasteiger partial charge in [0.25, 0.3) is 0 Å². The number of methoxy groups -OCH3 is 1. The van der Waals surface area contributed by atoms with Crippen LogP contribution in [0.5, 0.6) is 5.75 Å². The lowest BCUT2D eigenvalue weighted by atomic mass is 10.2. The van der Waals surface area contributed by atoms with Crippen molar-refractivity contribution in [2.75, 3.05) is 19.4 Å². The molecule has 0 fully saturated rings. The van der Waals surface area contributed by atoms with Gasteiger partial charge in [-0.1, -0.05) is 12.1 Å². The molecule has 2 N–H and O–H groups in total. The fraction of sp³-hybridized carbons (Fsp3) is 0.619. The van der Waals surface area contributed by atoms with E-state index in [-0.39, 0.29) is 12.6 Å². The largest absolute Gasteiger partial charge is 0.497 e. The number of thioether (sulfide) groups is 1. The number of ether oxygens (including phenoxy) is 3. The molecule has 1 unspecified atom stereocenters. The van der Waals surface area contributed by atoms with Gasteiger partial charge in [-0.3, -0.25) is 0 Å². The molecule has 7 nitrogen and oxygen atoms in total. The molecule has 0 aliphatic heterocycles. The zero-order chi connectivity index (χ0) is 22.1. The second-order valence-electron chi connectivity index (χ2n) is 8.59. The quantitative estimate of drug-likeness (QED) is 0.643. The standard InChI is InChI=1S/C21H34N2O5S/c1-20(2,3)27-18(24)22-12-16(23-19(25)28-21(4,5)6)14-29-13-15-8-10-17(26-7)11-9-15/h8-11,16H,12-14H2,1-7H3,(H,22,24)(H,23,25). The average molecular weight is 427 g/mol. The second kappa shape index (κ2) is 11.2. The molecule has 1 rings (SSSR count). The summed E-state index contributed by atoms with van der Waals surface area (Å²) in [6.07, 6.45) is -1.04. The van der Waals surface area contributed by atoms with Crippen molar-refractivity contribution in [2.24, 2.45) is 0 Å². The monoisotopic (exact) mass is 426 g/mol. The normalized spacial score (nSPS) is 12.7. The minimum atomic E-state index is -0.594. The zero-order valence-corrected chi connectivity index (χ0v) is 19.3. The number of alkyl carbamates (subject to hydrolysis) is 2. The van der Waals surface area contributed by atoms with E-state index in [2.05, 4.69) is 10.6 Å². The Kier molecular flexibility index (Phi) is 9.62. The summed E-state index contributed by atoms with van der Waals surface area (Å²) >= 11 is 1.65. The van der Waals surface area contributed by atoms with E-state index in [1.54, 1.807) is 60.4 Å². The fourth-order valence-corrected chi connectivity index (χ4v) is 3.22. The molecular formula is C21H34N2O5S. The van der Waals surface area contributed by atoms with Crippen molar-refractivity contribution < 1.29 is 23.8 Å². The molecule has 0 radical (unpaired) electrons. The van der Waals surface area contributed by atoms with E-state index in [0.29, 0.717) is 5.75 Å². The lowest BCUT2D eigenvalue weighted by Crippen LogP contribution is -2.47. The molecule has 8 heteroatoms. The molecule has 0 aromatic heterocycles.